The number of hydrogen-bond acceptors (Lipinski definition) is 5. The van der Waals surface area contributed by atoms with Gasteiger partial charge >= 0.3 is 5.97 Å². The first kappa shape index (κ1) is 24.0. The predicted octanol–water partition coefficient (Wildman–Crippen LogP) is 5.73. The molecular weight excluding hydrogens is 454 g/mol. The molecule has 1 heterocycles. The number of nitrogens with zero attached hydrogens (tertiary/aromatic N) is 1. The summed E-state index contributed by atoms with van der Waals surface area (Å²) >= 11 is 0. The molecule has 1 aromatic heterocycles. The molecule has 184 valence electrons. The quantitative estimate of drug-likeness (QED) is 0.280. The summed E-state index contributed by atoms with van der Waals surface area (Å²) in [5.74, 6) is -0.216. The fourth-order valence-corrected chi connectivity index (χ4v) is 4.64. The summed E-state index contributed by atoms with van der Waals surface area (Å²) in [5, 5.41) is 24.4. The highest BCUT2D eigenvalue weighted by molar-refractivity contribution is 5.85. The first-order valence-corrected chi connectivity index (χ1v) is 12.2. The number of aliphatic carboxylic acids is 1. The Hall–Kier alpha value is -3.74. The van der Waals surface area contributed by atoms with Gasteiger partial charge in [-0.2, -0.15) is 0 Å². The van der Waals surface area contributed by atoms with E-state index in [0.29, 0.717) is 36.5 Å². The third-order valence-electron chi connectivity index (χ3n) is 6.97. The highest BCUT2D eigenvalue weighted by Gasteiger charge is 2.51. The lowest BCUT2D eigenvalue weighted by Crippen LogP contribution is -2.19. The number of carboxylic acid groups (broad SMARTS) is 1. The van der Waals surface area contributed by atoms with Gasteiger partial charge in [0.2, 0.25) is 0 Å². The molecule has 1 atom stereocenters. The molecule has 36 heavy (non-hydrogen) atoms. The number of rotatable bonds is 10. The van der Waals surface area contributed by atoms with Crippen molar-refractivity contribution in [1.82, 2.24) is 5.16 Å². The van der Waals surface area contributed by atoms with Gasteiger partial charge in [0.25, 0.3) is 0 Å². The molecule has 0 saturated heterocycles. The largest absolute Gasteiger partial charge is 0.481 e. The summed E-state index contributed by atoms with van der Waals surface area (Å²) in [4.78, 5) is 11.6. The fourth-order valence-electron chi connectivity index (χ4n) is 4.64. The van der Waals surface area contributed by atoms with Gasteiger partial charge in [-0.15, -0.1) is 0 Å². The summed E-state index contributed by atoms with van der Waals surface area (Å²) < 4.78 is 11.3. The highest BCUT2D eigenvalue weighted by Crippen LogP contribution is 2.48. The van der Waals surface area contributed by atoms with Crippen LogP contribution in [0.15, 0.2) is 83.4 Å². The van der Waals surface area contributed by atoms with Crippen LogP contribution in [0.3, 0.4) is 0 Å². The Morgan fingerprint density at radius 1 is 0.972 bits per heavy atom. The molecule has 1 aliphatic carbocycles. The topological polar surface area (TPSA) is 92.8 Å². The Kier molecular flexibility index (Phi) is 6.72. The molecule has 0 amide bonds. The van der Waals surface area contributed by atoms with Gasteiger partial charge in [0.1, 0.15) is 6.10 Å². The number of aromatic nitrogens is 1. The van der Waals surface area contributed by atoms with Crippen molar-refractivity contribution < 1.29 is 24.3 Å². The molecule has 6 nitrogen and oxygen atoms in total. The molecule has 4 aromatic rings. The third-order valence-corrected chi connectivity index (χ3v) is 6.97. The van der Waals surface area contributed by atoms with E-state index in [-0.39, 0.29) is 6.61 Å². The van der Waals surface area contributed by atoms with E-state index < -0.39 is 17.5 Å². The minimum Gasteiger partial charge on any atom is -0.481 e. The first-order valence-electron chi connectivity index (χ1n) is 12.2. The number of carbonyl (C=O) groups is 1. The smallest absolute Gasteiger partial charge is 0.314 e. The molecule has 0 spiro atoms. The van der Waals surface area contributed by atoms with E-state index in [2.05, 4.69) is 17.3 Å². The monoisotopic (exact) mass is 483 g/mol. The van der Waals surface area contributed by atoms with Crippen LogP contribution < -0.4 is 0 Å². The van der Waals surface area contributed by atoms with Crippen LogP contribution >= 0.6 is 0 Å². The molecule has 1 aliphatic rings. The van der Waals surface area contributed by atoms with Gasteiger partial charge in [0.15, 0.2) is 5.76 Å². The van der Waals surface area contributed by atoms with Gasteiger partial charge in [0.05, 0.1) is 29.9 Å². The molecule has 6 heteroatoms. The van der Waals surface area contributed by atoms with Crippen LogP contribution in [0.25, 0.3) is 22.5 Å². The van der Waals surface area contributed by atoms with Crippen LogP contribution in [0.4, 0.5) is 0 Å². The van der Waals surface area contributed by atoms with Crippen molar-refractivity contribution >= 4 is 5.97 Å². The van der Waals surface area contributed by atoms with E-state index >= 15 is 0 Å². The minimum absolute atomic E-state index is 0.157. The van der Waals surface area contributed by atoms with Gasteiger partial charge in [-0.25, -0.2) is 0 Å². The van der Waals surface area contributed by atoms with Crippen LogP contribution in [-0.4, -0.2) is 34.6 Å². The van der Waals surface area contributed by atoms with Crippen molar-refractivity contribution in [1.29, 1.82) is 0 Å². The molecule has 1 fully saturated rings. The molecule has 3 aromatic carbocycles. The van der Waals surface area contributed by atoms with Crippen LogP contribution in [0, 0.1) is 6.92 Å². The van der Waals surface area contributed by atoms with Gasteiger partial charge in [0, 0.05) is 5.56 Å². The van der Waals surface area contributed by atoms with Gasteiger partial charge in [-0.05, 0) is 48.4 Å². The fraction of sp³-hybridized carbons (Fsp3) is 0.267. The van der Waals surface area contributed by atoms with E-state index in [1.165, 1.54) is 5.56 Å². The zero-order valence-corrected chi connectivity index (χ0v) is 20.2. The van der Waals surface area contributed by atoms with Crippen molar-refractivity contribution in [3.63, 3.8) is 0 Å². The molecule has 0 bridgehead atoms. The molecule has 0 unspecified atom stereocenters. The Morgan fingerprint density at radius 2 is 1.58 bits per heavy atom. The first-order chi connectivity index (χ1) is 17.5. The minimum atomic E-state index is -0.849. The van der Waals surface area contributed by atoms with Crippen LogP contribution in [0.2, 0.25) is 0 Å². The number of benzene rings is 3. The standard InChI is InChI=1S/C30H29NO5/c1-20-27(26(32)19-35-18-15-21-5-3-2-4-6-21)28(36-31-20)24-9-7-22(8-10-24)23-11-13-25(14-12-23)30(16-17-30)29(33)34/h2-14,26,32H,15-19H2,1H3,(H,33,34)/t26-/m1/s1. The summed E-state index contributed by atoms with van der Waals surface area (Å²) in [5.41, 5.74) is 5.45. The van der Waals surface area contributed by atoms with Crippen LogP contribution in [-0.2, 0) is 21.4 Å². The molecule has 0 aliphatic heterocycles. The average molecular weight is 484 g/mol. The van der Waals surface area contributed by atoms with E-state index in [1.807, 2.05) is 73.7 Å². The van der Waals surface area contributed by atoms with Gasteiger partial charge in [-0.1, -0.05) is 84.0 Å². The zero-order chi connectivity index (χ0) is 25.1. The summed E-state index contributed by atoms with van der Waals surface area (Å²) in [6.07, 6.45) is 1.32. The second-order valence-electron chi connectivity index (χ2n) is 9.38. The maximum absolute atomic E-state index is 11.6. The van der Waals surface area contributed by atoms with Crippen molar-refractivity contribution in [2.75, 3.05) is 13.2 Å². The van der Waals surface area contributed by atoms with Crippen molar-refractivity contribution in [3.8, 4) is 22.5 Å². The third kappa shape index (κ3) is 4.83. The molecule has 5 rings (SSSR count). The van der Waals surface area contributed by atoms with E-state index in [0.717, 1.165) is 28.7 Å². The lowest BCUT2D eigenvalue weighted by Gasteiger charge is -2.13. The normalized spacial score (nSPS) is 14.9. The molecule has 2 N–H and O–H groups in total. The second-order valence-corrected chi connectivity index (χ2v) is 9.38. The lowest BCUT2D eigenvalue weighted by atomic mass is 9.93. The van der Waals surface area contributed by atoms with E-state index in [9.17, 15) is 15.0 Å². The average Bonchev–Trinajstić information content (AvgIpc) is 3.64. The number of aliphatic hydroxyl groups is 1. The van der Waals surface area contributed by atoms with Crippen molar-refractivity contribution in [2.45, 2.75) is 37.7 Å². The maximum Gasteiger partial charge on any atom is 0.314 e. The number of aliphatic hydroxyl groups excluding tert-OH is 1. The number of hydrogen-bond donors (Lipinski definition) is 2. The SMILES string of the molecule is Cc1noc(-c2ccc(-c3ccc(C4(C(=O)O)CC4)cc3)cc2)c1[C@H](O)COCCc1ccccc1. The van der Waals surface area contributed by atoms with Crippen molar-refractivity contribution in [2.24, 2.45) is 0 Å². The molecule has 1 saturated carbocycles. The number of ether oxygens (including phenoxy) is 1. The lowest BCUT2D eigenvalue weighted by molar-refractivity contribution is -0.140. The highest BCUT2D eigenvalue weighted by atomic mass is 16.5. The van der Waals surface area contributed by atoms with Crippen LogP contribution in [0.5, 0.6) is 0 Å². The van der Waals surface area contributed by atoms with Gasteiger partial charge < -0.3 is 19.5 Å². The zero-order valence-electron chi connectivity index (χ0n) is 20.2. The number of carboxylic acids is 1. The molecule has 0 radical (unpaired) electrons. The summed E-state index contributed by atoms with van der Waals surface area (Å²) in [6.45, 7) is 2.49. The predicted molar refractivity (Wildman–Crippen MR) is 137 cm³/mol. The Labute approximate surface area is 210 Å². The Balaban J connectivity index is 1.25. The van der Waals surface area contributed by atoms with E-state index in [4.69, 9.17) is 9.26 Å². The van der Waals surface area contributed by atoms with E-state index in [1.54, 1.807) is 0 Å². The summed E-state index contributed by atoms with van der Waals surface area (Å²) in [6, 6.07) is 25.7. The summed E-state index contributed by atoms with van der Waals surface area (Å²) in [7, 11) is 0. The van der Waals surface area contributed by atoms with Crippen LogP contribution in [0.1, 0.15) is 41.3 Å². The second kappa shape index (κ2) is 10.1. The molecular formula is C30H29NO5. The Morgan fingerprint density at radius 3 is 2.19 bits per heavy atom. The maximum atomic E-state index is 11.6. The number of aryl methyl sites for hydroxylation is 1. The van der Waals surface area contributed by atoms with Gasteiger partial charge in [-0.3, -0.25) is 4.79 Å². The van der Waals surface area contributed by atoms with Crippen molar-refractivity contribution in [3.05, 3.63) is 101 Å². The Bertz CT molecular complexity index is 1320.